The van der Waals surface area contributed by atoms with E-state index in [-0.39, 0.29) is 41.1 Å². The Kier molecular flexibility index (Phi) is 7.56. The van der Waals surface area contributed by atoms with Crippen LogP contribution in [-0.4, -0.2) is 76.2 Å². The maximum atomic E-state index is 5.71. The summed E-state index contributed by atoms with van der Waals surface area (Å²) in [6.45, 7) is 9.66. The Labute approximate surface area is 157 Å². The number of nitrogens with zero attached hydrogens (tertiary/aromatic N) is 2. The van der Waals surface area contributed by atoms with Gasteiger partial charge in [-0.2, -0.15) is 0 Å². The fourth-order valence-corrected chi connectivity index (χ4v) is 3.37. The first-order valence-electron chi connectivity index (χ1n) is 8.02. The van der Waals surface area contributed by atoms with Crippen molar-refractivity contribution in [1.82, 2.24) is 10.2 Å². The van der Waals surface area contributed by atoms with Crippen LogP contribution in [0.5, 0.6) is 0 Å². The minimum absolute atomic E-state index is 0. The van der Waals surface area contributed by atoms with Crippen molar-refractivity contribution in [3.8, 4) is 0 Å². The van der Waals surface area contributed by atoms with E-state index >= 15 is 0 Å². The van der Waals surface area contributed by atoms with E-state index in [1.807, 2.05) is 7.05 Å². The number of hydrogen-bond donors (Lipinski definition) is 1. The molecule has 1 saturated carbocycles. The molecule has 23 heavy (non-hydrogen) atoms. The molecular weight excluding hydrogens is 409 g/mol. The molecule has 2 rings (SSSR count). The van der Waals surface area contributed by atoms with Crippen LogP contribution in [0.1, 0.15) is 27.2 Å². The summed E-state index contributed by atoms with van der Waals surface area (Å²) in [6, 6.07) is 0.361. The van der Waals surface area contributed by atoms with E-state index in [0.717, 1.165) is 25.5 Å². The number of methoxy groups -OCH3 is 2. The molecule has 0 aromatic heterocycles. The third-order valence-electron chi connectivity index (χ3n) is 5.58. The lowest BCUT2D eigenvalue weighted by Crippen LogP contribution is -2.70. The van der Waals surface area contributed by atoms with Gasteiger partial charge in [-0.25, -0.2) is 0 Å². The molecule has 2 fully saturated rings. The molecule has 7 heteroatoms. The molecule has 3 unspecified atom stereocenters. The summed E-state index contributed by atoms with van der Waals surface area (Å²) in [6.07, 6.45) is 1.09. The minimum Gasteiger partial charge on any atom is -0.382 e. The monoisotopic (exact) mass is 441 g/mol. The first-order valence-corrected chi connectivity index (χ1v) is 8.02. The third kappa shape index (κ3) is 4.11. The number of morpholine rings is 1. The molecule has 2 aliphatic rings. The van der Waals surface area contributed by atoms with Crippen molar-refractivity contribution >= 4 is 29.9 Å². The normalized spacial score (nSPS) is 33.7. The first kappa shape index (κ1) is 20.9. The molecule has 136 valence electrons. The van der Waals surface area contributed by atoms with Crippen LogP contribution in [0.2, 0.25) is 0 Å². The van der Waals surface area contributed by atoms with Crippen LogP contribution in [0.15, 0.2) is 4.99 Å². The lowest BCUT2D eigenvalue weighted by atomic mass is 9.56. The lowest BCUT2D eigenvalue weighted by molar-refractivity contribution is -0.177. The average Bonchev–Trinajstić information content (AvgIpc) is 2.51. The van der Waals surface area contributed by atoms with Crippen LogP contribution in [0.4, 0.5) is 0 Å². The highest BCUT2D eigenvalue weighted by molar-refractivity contribution is 14.0. The predicted octanol–water partition coefficient (Wildman–Crippen LogP) is 1.73. The summed E-state index contributed by atoms with van der Waals surface area (Å²) in [5.74, 6) is 0.945. The Morgan fingerprint density at radius 2 is 2.04 bits per heavy atom. The van der Waals surface area contributed by atoms with E-state index in [1.165, 1.54) is 0 Å². The van der Waals surface area contributed by atoms with Crippen LogP contribution in [0.3, 0.4) is 0 Å². The van der Waals surface area contributed by atoms with E-state index in [4.69, 9.17) is 14.2 Å². The van der Waals surface area contributed by atoms with Crippen LogP contribution >= 0.6 is 24.0 Å². The van der Waals surface area contributed by atoms with Gasteiger partial charge in [0.15, 0.2) is 5.96 Å². The van der Waals surface area contributed by atoms with E-state index < -0.39 is 0 Å². The second-order valence-electron chi connectivity index (χ2n) is 7.00. The maximum absolute atomic E-state index is 5.71. The zero-order valence-corrected chi connectivity index (χ0v) is 17.5. The molecule has 0 amide bonds. The Morgan fingerprint density at radius 3 is 2.57 bits per heavy atom. The first-order chi connectivity index (χ1) is 10.4. The number of guanidine groups is 1. The van der Waals surface area contributed by atoms with Gasteiger partial charge in [0.05, 0.1) is 24.9 Å². The predicted molar refractivity (Wildman–Crippen MR) is 103 cm³/mol. The molecule has 1 heterocycles. The van der Waals surface area contributed by atoms with Crippen LogP contribution < -0.4 is 5.32 Å². The number of hydrogen-bond acceptors (Lipinski definition) is 4. The van der Waals surface area contributed by atoms with Crippen molar-refractivity contribution in [3.63, 3.8) is 0 Å². The fraction of sp³-hybridized carbons (Fsp3) is 0.938. The van der Waals surface area contributed by atoms with Crippen molar-refractivity contribution in [1.29, 1.82) is 0 Å². The number of halogens is 1. The second-order valence-corrected chi connectivity index (χ2v) is 7.00. The van der Waals surface area contributed by atoms with Crippen LogP contribution in [0, 0.1) is 5.41 Å². The van der Waals surface area contributed by atoms with E-state index in [2.05, 4.69) is 36.0 Å². The van der Waals surface area contributed by atoms with Gasteiger partial charge < -0.3 is 24.4 Å². The van der Waals surface area contributed by atoms with Gasteiger partial charge in [0, 0.05) is 45.8 Å². The van der Waals surface area contributed by atoms with Gasteiger partial charge in [0.25, 0.3) is 0 Å². The Morgan fingerprint density at radius 1 is 1.35 bits per heavy atom. The second kappa shape index (κ2) is 8.31. The Bertz CT molecular complexity index is 417. The molecule has 1 aliphatic carbocycles. The van der Waals surface area contributed by atoms with Crippen LogP contribution in [0.25, 0.3) is 0 Å². The molecule has 6 nitrogen and oxygen atoms in total. The van der Waals surface area contributed by atoms with E-state index in [9.17, 15) is 0 Å². The summed E-state index contributed by atoms with van der Waals surface area (Å²) < 4.78 is 16.6. The minimum atomic E-state index is -0.0763. The van der Waals surface area contributed by atoms with Crippen molar-refractivity contribution in [3.05, 3.63) is 0 Å². The highest BCUT2D eigenvalue weighted by Crippen LogP contribution is 2.51. The SMILES string of the molecule is CN=C(NC1CC(C)(OC)C1(C)C)N1CCOC(COC)C1.I. The number of aliphatic imine (C=N–C) groups is 1. The summed E-state index contributed by atoms with van der Waals surface area (Å²) >= 11 is 0. The number of nitrogens with one attached hydrogen (secondary N) is 1. The van der Waals surface area contributed by atoms with Gasteiger partial charge in [-0.15, -0.1) is 24.0 Å². The summed E-state index contributed by atoms with van der Waals surface area (Å²) in [4.78, 5) is 6.72. The Balaban J connectivity index is 0.00000264. The van der Waals surface area contributed by atoms with Gasteiger partial charge in [-0.05, 0) is 13.3 Å². The smallest absolute Gasteiger partial charge is 0.194 e. The quantitative estimate of drug-likeness (QED) is 0.409. The van der Waals surface area contributed by atoms with Gasteiger partial charge in [0.2, 0.25) is 0 Å². The summed E-state index contributed by atoms with van der Waals surface area (Å²) in [5.41, 5.74) is -0.0109. The standard InChI is InChI=1S/C16H31N3O3.HI/c1-15(2)13(9-16(15,3)21-6)18-14(17-4)19-7-8-22-12(10-19)11-20-5;/h12-13H,7-11H2,1-6H3,(H,17,18);1H. The van der Waals surface area contributed by atoms with Crippen molar-refractivity contribution in [2.45, 2.75) is 44.9 Å². The number of ether oxygens (including phenoxy) is 3. The molecular formula is C16H32IN3O3. The summed E-state index contributed by atoms with van der Waals surface area (Å²) in [5, 5.41) is 3.61. The maximum Gasteiger partial charge on any atom is 0.194 e. The zero-order valence-electron chi connectivity index (χ0n) is 15.2. The van der Waals surface area contributed by atoms with Crippen LogP contribution in [-0.2, 0) is 14.2 Å². The van der Waals surface area contributed by atoms with Gasteiger partial charge in [-0.1, -0.05) is 13.8 Å². The largest absolute Gasteiger partial charge is 0.382 e. The number of rotatable bonds is 4. The molecule has 1 saturated heterocycles. The average molecular weight is 441 g/mol. The van der Waals surface area contributed by atoms with Gasteiger partial charge in [-0.3, -0.25) is 4.99 Å². The molecule has 1 aliphatic heterocycles. The molecule has 0 radical (unpaired) electrons. The van der Waals surface area contributed by atoms with E-state index in [1.54, 1.807) is 14.2 Å². The molecule has 1 N–H and O–H groups in total. The van der Waals surface area contributed by atoms with Gasteiger partial charge >= 0.3 is 0 Å². The highest BCUT2D eigenvalue weighted by Gasteiger charge is 2.58. The highest BCUT2D eigenvalue weighted by atomic mass is 127. The molecule has 0 spiro atoms. The van der Waals surface area contributed by atoms with E-state index in [0.29, 0.717) is 19.3 Å². The zero-order chi connectivity index (χ0) is 16.4. The third-order valence-corrected chi connectivity index (χ3v) is 5.58. The van der Waals surface area contributed by atoms with Gasteiger partial charge in [0.1, 0.15) is 0 Å². The Hall–Kier alpha value is -0.120. The topological polar surface area (TPSA) is 55.3 Å². The molecule has 0 aromatic rings. The molecule has 0 aromatic carbocycles. The molecule has 3 atom stereocenters. The summed E-state index contributed by atoms with van der Waals surface area (Å²) in [7, 11) is 5.34. The molecule has 0 bridgehead atoms. The van der Waals surface area contributed by atoms with Crippen molar-refractivity contribution in [2.75, 3.05) is 47.6 Å². The van der Waals surface area contributed by atoms with Crippen molar-refractivity contribution < 1.29 is 14.2 Å². The van der Waals surface area contributed by atoms with Crippen molar-refractivity contribution in [2.24, 2.45) is 10.4 Å². The lowest BCUT2D eigenvalue weighted by Gasteiger charge is -2.59. The fourth-order valence-electron chi connectivity index (χ4n) is 3.37.